The highest BCUT2D eigenvalue weighted by atomic mass is 14.9. The normalized spacial score (nSPS) is 20.6. The quantitative estimate of drug-likeness (QED) is 0.584. The van der Waals surface area contributed by atoms with Crippen molar-refractivity contribution in [3.63, 3.8) is 0 Å². The summed E-state index contributed by atoms with van der Waals surface area (Å²) in [7, 11) is 0. The van der Waals surface area contributed by atoms with Crippen molar-refractivity contribution in [1.29, 1.82) is 0 Å². The van der Waals surface area contributed by atoms with Crippen LogP contribution in [0.25, 0.3) is 0 Å². The third kappa shape index (κ3) is 9.64. The Balaban J connectivity index is 0.000000240. The first kappa shape index (κ1) is 20.6. The average molecular weight is 331 g/mol. The van der Waals surface area contributed by atoms with Crippen molar-refractivity contribution in [1.82, 2.24) is 10.6 Å². The van der Waals surface area contributed by atoms with E-state index < -0.39 is 0 Å². The number of hydrogen-bond acceptors (Lipinski definition) is 2. The van der Waals surface area contributed by atoms with Gasteiger partial charge < -0.3 is 10.6 Å². The SMILES string of the molecule is C=C/C(C)=C/NC1CCCCC1.C=C/C=C(\C)NC1CCCCC1. The lowest BCUT2D eigenvalue weighted by molar-refractivity contribution is 0.396. The Labute approximate surface area is 150 Å². The molecule has 2 nitrogen and oxygen atoms in total. The molecule has 2 rings (SSSR count). The van der Waals surface area contributed by atoms with Crippen LogP contribution in [0.1, 0.15) is 78.1 Å². The van der Waals surface area contributed by atoms with Gasteiger partial charge in [-0.2, -0.15) is 0 Å². The van der Waals surface area contributed by atoms with Crippen molar-refractivity contribution < 1.29 is 0 Å². The molecule has 2 fully saturated rings. The minimum absolute atomic E-state index is 0.716. The van der Waals surface area contributed by atoms with Gasteiger partial charge in [0, 0.05) is 17.8 Å². The van der Waals surface area contributed by atoms with E-state index in [1.165, 1.54) is 75.5 Å². The zero-order valence-corrected chi connectivity index (χ0v) is 15.9. The number of nitrogens with one attached hydrogen (secondary N) is 2. The molecule has 0 aliphatic heterocycles. The van der Waals surface area contributed by atoms with Gasteiger partial charge in [0.2, 0.25) is 0 Å². The molecule has 0 amide bonds. The maximum absolute atomic E-state index is 3.72. The maximum Gasteiger partial charge on any atom is 0.0258 e. The molecule has 2 saturated carbocycles. The van der Waals surface area contributed by atoms with Gasteiger partial charge in [-0.25, -0.2) is 0 Å². The van der Waals surface area contributed by atoms with Crippen molar-refractivity contribution >= 4 is 0 Å². The summed E-state index contributed by atoms with van der Waals surface area (Å²) in [5, 5.41) is 6.95. The molecular formula is C22H38N2. The summed E-state index contributed by atoms with van der Waals surface area (Å²) in [6.45, 7) is 11.6. The van der Waals surface area contributed by atoms with E-state index in [-0.39, 0.29) is 0 Å². The van der Waals surface area contributed by atoms with Crippen LogP contribution >= 0.6 is 0 Å². The van der Waals surface area contributed by atoms with E-state index in [0.29, 0.717) is 6.04 Å². The molecule has 0 radical (unpaired) electrons. The number of allylic oxidation sites excluding steroid dienone is 5. The predicted octanol–water partition coefficient (Wildman–Crippen LogP) is 6.00. The third-order valence-electron chi connectivity index (χ3n) is 4.88. The standard InChI is InChI=1S/2C11H19N/c1-3-10(2)9-12-11-7-5-4-6-8-11;1-3-7-10(2)12-11-8-5-4-6-9-11/h3,9,11-12H,1,4-8H2,2H3;3,7,11-12H,1,4-6,8-9H2,2H3/b10-9+;10-7+. The largest absolute Gasteiger partial charge is 0.388 e. The van der Waals surface area contributed by atoms with Gasteiger partial charge >= 0.3 is 0 Å². The molecule has 136 valence electrons. The summed E-state index contributed by atoms with van der Waals surface area (Å²) in [5.74, 6) is 0. The average Bonchev–Trinajstić information content (AvgIpc) is 2.62. The van der Waals surface area contributed by atoms with E-state index in [1.54, 1.807) is 0 Å². The molecule has 2 N–H and O–H groups in total. The first-order chi connectivity index (χ1) is 11.7. The molecule has 2 aliphatic rings. The van der Waals surface area contributed by atoms with Crippen molar-refractivity contribution in [3.05, 3.63) is 48.9 Å². The molecule has 2 heteroatoms. The van der Waals surface area contributed by atoms with Gasteiger partial charge in [-0.3, -0.25) is 0 Å². The van der Waals surface area contributed by atoms with Crippen LogP contribution in [0.15, 0.2) is 48.9 Å². The fraction of sp³-hybridized carbons (Fsp3) is 0.636. The summed E-state index contributed by atoms with van der Waals surface area (Å²) < 4.78 is 0. The van der Waals surface area contributed by atoms with Crippen molar-refractivity contribution in [2.45, 2.75) is 90.1 Å². The minimum atomic E-state index is 0.716. The van der Waals surface area contributed by atoms with E-state index in [9.17, 15) is 0 Å². The summed E-state index contributed by atoms with van der Waals surface area (Å²) >= 11 is 0. The van der Waals surface area contributed by atoms with Crippen LogP contribution in [0.2, 0.25) is 0 Å². The lowest BCUT2D eigenvalue weighted by atomic mass is 9.95. The zero-order chi connectivity index (χ0) is 17.6. The second-order valence-electron chi connectivity index (χ2n) is 7.16. The maximum atomic E-state index is 3.72. The van der Waals surface area contributed by atoms with Crippen molar-refractivity contribution in [2.24, 2.45) is 0 Å². The van der Waals surface area contributed by atoms with Gasteiger partial charge in [-0.05, 0) is 57.4 Å². The number of rotatable bonds is 6. The molecule has 0 aromatic rings. The van der Waals surface area contributed by atoms with Gasteiger partial charge in [0.15, 0.2) is 0 Å². The molecule has 0 unspecified atom stereocenters. The lowest BCUT2D eigenvalue weighted by Gasteiger charge is -2.23. The second kappa shape index (κ2) is 12.9. The van der Waals surface area contributed by atoms with Gasteiger partial charge in [-0.15, -0.1) is 0 Å². The molecule has 0 spiro atoms. The van der Waals surface area contributed by atoms with E-state index in [4.69, 9.17) is 0 Å². The van der Waals surface area contributed by atoms with E-state index in [1.807, 2.05) is 18.2 Å². The first-order valence-electron chi connectivity index (χ1n) is 9.76. The summed E-state index contributed by atoms with van der Waals surface area (Å²) in [6.07, 6.45) is 21.6. The number of hydrogen-bond donors (Lipinski definition) is 2. The van der Waals surface area contributed by atoms with Crippen molar-refractivity contribution in [3.8, 4) is 0 Å². The Morgan fingerprint density at radius 2 is 1.38 bits per heavy atom. The highest BCUT2D eigenvalue weighted by Crippen LogP contribution is 2.18. The Hall–Kier alpha value is -1.44. The van der Waals surface area contributed by atoms with Crippen LogP contribution in [0, 0.1) is 0 Å². The summed E-state index contributed by atoms with van der Waals surface area (Å²) in [5.41, 5.74) is 2.47. The van der Waals surface area contributed by atoms with E-state index in [2.05, 4.69) is 43.8 Å². The smallest absolute Gasteiger partial charge is 0.0258 e. The van der Waals surface area contributed by atoms with Gasteiger partial charge in [0.25, 0.3) is 0 Å². The third-order valence-corrected chi connectivity index (χ3v) is 4.88. The molecule has 0 bridgehead atoms. The van der Waals surface area contributed by atoms with Gasteiger partial charge in [0.1, 0.15) is 0 Å². The second-order valence-corrected chi connectivity index (χ2v) is 7.16. The fourth-order valence-electron chi connectivity index (χ4n) is 3.37. The fourth-order valence-corrected chi connectivity index (χ4v) is 3.37. The lowest BCUT2D eigenvalue weighted by Crippen LogP contribution is -2.29. The molecule has 2 aliphatic carbocycles. The Kier molecular flexibility index (Phi) is 11.1. The van der Waals surface area contributed by atoms with Crippen LogP contribution in [0.5, 0.6) is 0 Å². The molecule has 0 saturated heterocycles. The Morgan fingerprint density at radius 1 is 0.833 bits per heavy atom. The molecule has 24 heavy (non-hydrogen) atoms. The van der Waals surface area contributed by atoms with Crippen LogP contribution in [0.4, 0.5) is 0 Å². The van der Waals surface area contributed by atoms with E-state index in [0.717, 1.165) is 6.04 Å². The molecule has 0 atom stereocenters. The Morgan fingerprint density at radius 3 is 1.88 bits per heavy atom. The van der Waals surface area contributed by atoms with Gasteiger partial charge in [-0.1, -0.05) is 63.8 Å². The topological polar surface area (TPSA) is 24.1 Å². The molecular weight excluding hydrogens is 292 g/mol. The Bertz CT molecular complexity index is 408. The van der Waals surface area contributed by atoms with Crippen molar-refractivity contribution in [2.75, 3.05) is 0 Å². The van der Waals surface area contributed by atoms with Crippen LogP contribution in [-0.2, 0) is 0 Å². The predicted molar refractivity (Wildman–Crippen MR) is 108 cm³/mol. The first-order valence-corrected chi connectivity index (χ1v) is 9.76. The van der Waals surface area contributed by atoms with E-state index >= 15 is 0 Å². The molecule has 0 heterocycles. The van der Waals surface area contributed by atoms with Crippen LogP contribution < -0.4 is 10.6 Å². The summed E-state index contributed by atoms with van der Waals surface area (Å²) in [4.78, 5) is 0. The highest BCUT2D eigenvalue weighted by molar-refractivity contribution is 5.12. The highest BCUT2D eigenvalue weighted by Gasteiger charge is 2.12. The van der Waals surface area contributed by atoms with Gasteiger partial charge in [0.05, 0.1) is 0 Å². The molecule has 0 aromatic carbocycles. The zero-order valence-electron chi connectivity index (χ0n) is 15.9. The van der Waals surface area contributed by atoms with Crippen LogP contribution in [-0.4, -0.2) is 12.1 Å². The van der Waals surface area contributed by atoms with Crippen LogP contribution in [0.3, 0.4) is 0 Å². The summed E-state index contributed by atoms with van der Waals surface area (Å²) in [6, 6.07) is 1.43. The minimum Gasteiger partial charge on any atom is -0.388 e. The monoisotopic (exact) mass is 330 g/mol. The molecule has 0 aromatic heterocycles.